The number of benzene rings is 1. The minimum atomic E-state index is -1.27. The molecule has 0 radical (unpaired) electrons. The molecule has 8 nitrogen and oxygen atoms in total. The van der Waals surface area contributed by atoms with Crippen LogP contribution in [0.1, 0.15) is 18.2 Å². The Hall–Kier alpha value is -2.95. The number of carbonyl (C=O) groups is 1. The van der Waals surface area contributed by atoms with Crippen molar-refractivity contribution in [2.24, 2.45) is 5.10 Å². The molecule has 1 aromatic carbocycles. The minimum absolute atomic E-state index is 0.00845. The quantitative estimate of drug-likeness (QED) is 0.348. The highest BCUT2D eigenvalue weighted by Gasteiger charge is 2.17. The van der Waals surface area contributed by atoms with Crippen LogP contribution in [-0.4, -0.2) is 28.7 Å². The lowest BCUT2D eigenvalue weighted by molar-refractivity contribution is -0.387. The van der Waals surface area contributed by atoms with Crippen LogP contribution in [0.25, 0.3) is 0 Å². The molecule has 25 heavy (non-hydrogen) atoms. The molecule has 1 N–H and O–H groups in total. The first-order valence-corrected chi connectivity index (χ1v) is 7.81. The first-order chi connectivity index (χ1) is 11.9. The Morgan fingerprint density at radius 2 is 2.24 bits per heavy atom. The van der Waals surface area contributed by atoms with Gasteiger partial charge in [-0.05, 0) is 6.92 Å². The van der Waals surface area contributed by atoms with Gasteiger partial charge in [0.1, 0.15) is 5.82 Å². The van der Waals surface area contributed by atoms with Crippen LogP contribution >= 0.6 is 11.3 Å². The number of nitrogens with zero attached hydrogens (tertiary/aromatic N) is 3. The van der Waals surface area contributed by atoms with E-state index in [4.69, 9.17) is 4.74 Å². The molecule has 0 fully saturated rings. The van der Waals surface area contributed by atoms with Crippen molar-refractivity contribution in [1.29, 1.82) is 0 Å². The zero-order valence-electron chi connectivity index (χ0n) is 12.9. The highest BCUT2D eigenvalue weighted by Crippen LogP contribution is 2.21. The van der Waals surface area contributed by atoms with Gasteiger partial charge in [-0.25, -0.2) is 9.37 Å². The van der Waals surface area contributed by atoms with E-state index in [1.165, 1.54) is 0 Å². The smallest absolute Gasteiger partial charge is 0.311 e. The highest BCUT2D eigenvalue weighted by molar-refractivity contribution is 7.13. The lowest BCUT2D eigenvalue weighted by atomic mass is 10.2. The van der Waals surface area contributed by atoms with Gasteiger partial charge in [-0.3, -0.25) is 20.3 Å². The van der Waals surface area contributed by atoms with Gasteiger partial charge < -0.3 is 4.74 Å². The van der Waals surface area contributed by atoms with E-state index in [-0.39, 0.29) is 18.6 Å². The molecule has 1 heterocycles. The molecule has 0 unspecified atom stereocenters. The van der Waals surface area contributed by atoms with Crippen molar-refractivity contribution in [3.63, 3.8) is 0 Å². The zero-order chi connectivity index (χ0) is 18.4. The number of esters is 1. The largest absolute Gasteiger partial charge is 0.466 e. The van der Waals surface area contributed by atoms with E-state index in [0.29, 0.717) is 16.9 Å². The lowest BCUT2D eigenvalue weighted by Crippen LogP contribution is -2.07. The Kier molecular flexibility index (Phi) is 6.06. The van der Waals surface area contributed by atoms with E-state index in [9.17, 15) is 23.7 Å². The van der Waals surface area contributed by atoms with Gasteiger partial charge in [0.05, 0.1) is 29.9 Å². The Bertz CT molecular complexity index is 825. The topological polar surface area (TPSA) is 107 Å². The first kappa shape index (κ1) is 18.4. The van der Waals surface area contributed by atoms with Crippen LogP contribution < -0.4 is 5.43 Å². The van der Waals surface area contributed by atoms with E-state index >= 15 is 0 Å². The average molecular weight is 370 g/mol. The molecule has 0 bridgehead atoms. The maximum atomic E-state index is 13.6. The van der Waals surface area contributed by atoms with Crippen LogP contribution in [0, 0.1) is 21.7 Å². The number of thiazole rings is 1. The van der Waals surface area contributed by atoms with Crippen LogP contribution in [0.2, 0.25) is 0 Å². The molecule has 1 aromatic heterocycles. The van der Waals surface area contributed by atoms with Crippen LogP contribution in [0.5, 0.6) is 0 Å². The SMILES string of the molecule is CCOC(=O)Cc1csc(NN=Cc2cc([N+](=O)[O-])c(F)cc2F)n1. The summed E-state index contributed by atoms with van der Waals surface area (Å²) >= 11 is 1.15. The Labute approximate surface area is 144 Å². The third-order valence-corrected chi connectivity index (χ3v) is 3.60. The molecule has 0 aliphatic rings. The van der Waals surface area contributed by atoms with Gasteiger partial charge in [-0.2, -0.15) is 9.49 Å². The highest BCUT2D eigenvalue weighted by atomic mass is 32.1. The molecule has 0 saturated carbocycles. The van der Waals surface area contributed by atoms with Crippen LogP contribution in [0.4, 0.5) is 19.6 Å². The Morgan fingerprint density at radius 1 is 1.48 bits per heavy atom. The van der Waals surface area contributed by atoms with E-state index in [0.717, 1.165) is 23.6 Å². The number of halogens is 2. The number of hydrazone groups is 1. The Balaban J connectivity index is 2.04. The fraction of sp³-hybridized carbons (Fsp3) is 0.214. The van der Waals surface area contributed by atoms with Crippen molar-refractivity contribution in [1.82, 2.24) is 4.98 Å². The first-order valence-electron chi connectivity index (χ1n) is 6.93. The summed E-state index contributed by atoms with van der Waals surface area (Å²) in [4.78, 5) is 25.1. The fourth-order valence-electron chi connectivity index (χ4n) is 1.75. The predicted molar refractivity (Wildman–Crippen MR) is 86.7 cm³/mol. The van der Waals surface area contributed by atoms with Crippen molar-refractivity contribution >= 4 is 34.3 Å². The number of hydrogen-bond donors (Lipinski definition) is 1. The van der Waals surface area contributed by atoms with Crippen molar-refractivity contribution in [2.45, 2.75) is 13.3 Å². The molecule has 0 aliphatic heterocycles. The number of hydrogen-bond acceptors (Lipinski definition) is 8. The maximum absolute atomic E-state index is 13.6. The predicted octanol–water partition coefficient (Wildman–Crippen LogP) is 2.88. The summed E-state index contributed by atoms with van der Waals surface area (Å²) < 4.78 is 31.6. The zero-order valence-corrected chi connectivity index (χ0v) is 13.7. The van der Waals surface area contributed by atoms with Crippen molar-refractivity contribution in [3.8, 4) is 0 Å². The summed E-state index contributed by atoms with van der Waals surface area (Å²) in [6.07, 6.45) is 0.975. The van der Waals surface area contributed by atoms with Gasteiger partial charge in [-0.1, -0.05) is 0 Å². The van der Waals surface area contributed by atoms with Crippen LogP contribution in [0.15, 0.2) is 22.6 Å². The average Bonchev–Trinajstić information content (AvgIpc) is 2.96. The van der Waals surface area contributed by atoms with E-state index < -0.39 is 28.2 Å². The summed E-state index contributed by atoms with van der Waals surface area (Å²) in [5.41, 5.74) is 1.87. The molecule has 2 aromatic rings. The second-order valence-electron chi connectivity index (χ2n) is 4.58. The lowest BCUT2D eigenvalue weighted by Gasteiger charge is -1.99. The Morgan fingerprint density at radius 3 is 2.92 bits per heavy atom. The van der Waals surface area contributed by atoms with Crippen LogP contribution in [-0.2, 0) is 16.0 Å². The van der Waals surface area contributed by atoms with Gasteiger partial charge >= 0.3 is 11.7 Å². The second kappa shape index (κ2) is 8.24. The second-order valence-corrected chi connectivity index (χ2v) is 5.44. The van der Waals surface area contributed by atoms with Gasteiger partial charge in [0.2, 0.25) is 10.9 Å². The number of nitro groups is 1. The molecule has 132 valence electrons. The van der Waals surface area contributed by atoms with Crippen LogP contribution in [0.3, 0.4) is 0 Å². The van der Waals surface area contributed by atoms with E-state index in [1.807, 2.05) is 0 Å². The minimum Gasteiger partial charge on any atom is -0.466 e. The third-order valence-electron chi connectivity index (χ3n) is 2.81. The monoisotopic (exact) mass is 370 g/mol. The summed E-state index contributed by atoms with van der Waals surface area (Å²) in [6, 6.07) is 1.16. The molecule has 2 rings (SSSR count). The summed E-state index contributed by atoms with van der Waals surface area (Å²) in [7, 11) is 0. The number of nitro benzene ring substituents is 1. The van der Waals surface area contributed by atoms with Gasteiger partial charge in [0.25, 0.3) is 0 Å². The van der Waals surface area contributed by atoms with Crippen molar-refractivity contribution < 1.29 is 23.2 Å². The molecule has 11 heteroatoms. The fourth-order valence-corrected chi connectivity index (χ4v) is 2.41. The molecular weight excluding hydrogens is 358 g/mol. The summed E-state index contributed by atoms with van der Waals surface area (Å²) in [5, 5.41) is 16.3. The maximum Gasteiger partial charge on any atom is 0.311 e. The number of nitrogens with one attached hydrogen (secondary N) is 1. The van der Waals surface area contributed by atoms with Gasteiger partial charge in [0.15, 0.2) is 0 Å². The number of anilines is 1. The van der Waals surface area contributed by atoms with E-state index in [1.54, 1.807) is 12.3 Å². The van der Waals surface area contributed by atoms with Crippen molar-refractivity contribution in [2.75, 3.05) is 12.0 Å². The molecule has 0 aliphatic carbocycles. The summed E-state index contributed by atoms with van der Waals surface area (Å²) in [5.74, 6) is -2.67. The van der Waals surface area contributed by atoms with Gasteiger partial charge in [-0.15, -0.1) is 11.3 Å². The van der Waals surface area contributed by atoms with Crippen molar-refractivity contribution in [3.05, 3.63) is 50.5 Å². The molecule has 0 saturated heterocycles. The van der Waals surface area contributed by atoms with Gasteiger partial charge in [0, 0.05) is 23.1 Å². The molecule has 0 amide bonds. The normalized spacial score (nSPS) is 10.8. The molecule has 0 atom stereocenters. The number of aromatic nitrogens is 1. The number of carbonyl (C=O) groups excluding carboxylic acids is 1. The molecular formula is C14H12F2N4O4S. The number of ether oxygens (including phenoxy) is 1. The standard InChI is InChI=1S/C14H12F2N4O4S/c1-2-24-13(21)4-9-7-25-14(18-9)19-17-6-8-3-12(20(22)23)11(16)5-10(8)15/h3,5-7H,2,4H2,1H3,(H,18,19). The number of rotatable bonds is 7. The third kappa shape index (κ3) is 5.01. The summed E-state index contributed by atoms with van der Waals surface area (Å²) in [6.45, 7) is 1.97. The van der Waals surface area contributed by atoms with E-state index in [2.05, 4.69) is 15.5 Å². The molecule has 0 spiro atoms.